The van der Waals surface area contributed by atoms with Gasteiger partial charge in [-0.2, -0.15) is 0 Å². The van der Waals surface area contributed by atoms with Crippen LogP contribution in [0.1, 0.15) is 49.4 Å². The van der Waals surface area contributed by atoms with Gasteiger partial charge in [-0.1, -0.05) is 36.4 Å². The number of aryl methyl sites for hydroxylation is 1. The lowest BCUT2D eigenvalue weighted by Gasteiger charge is -2.23. The fourth-order valence-corrected chi connectivity index (χ4v) is 4.38. The number of ether oxygens (including phenoxy) is 3. The van der Waals surface area contributed by atoms with Crippen LogP contribution in [0.2, 0.25) is 0 Å². The molecule has 1 aliphatic rings. The molecule has 11 nitrogen and oxygen atoms in total. The molecule has 0 aliphatic heterocycles. The zero-order valence-corrected chi connectivity index (χ0v) is 19.4. The Morgan fingerprint density at radius 3 is 2.06 bits per heavy atom. The Morgan fingerprint density at radius 2 is 1.47 bits per heavy atom. The van der Waals surface area contributed by atoms with Gasteiger partial charge in [0.25, 0.3) is 11.4 Å². The van der Waals surface area contributed by atoms with Crippen LogP contribution in [0.5, 0.6) is 11.5 Å². The number of hydrogen-bond donors (Lipinski definition) is 0. The summed E-state index contributed by atoms with van der Waals surface area (Å²) in [6.07, 6.45) is -1.12. The van der Waals surface area contributed by atoms with Gasteiger partial charge >= 0.3 is 5.97 Å². The minimum Gasteiger partial charge on any atom is -0.493 e. The number of rotatable bonds is 7. The molecule has 2 unspecified atom stereocenters. The maximum Gasteiger partial charge on any atom is 0.339 e. The van der Waals surface area contributed by atoms with Gasteiger partial charge in [0.1, 0.15) is 6.10 Å². The number of non-ortho nitro benzene ring substituents is 2. The van der Waals surface area contributed by atoms with Crippen molar-refractivity contribution in [2.24, 2.45) is 0 Å². The number of ketones is 1. The lowest BCUT2D eigenvalue weighted by atomic mass is 9.91. The van der Waals surface area contributed by atoms with Crippen LogP contribution in [0.25, 0.3) is 0 Å². The molecule has 0 N–H and O–H groups in total. The van der Waals surface area contributed by atoms with Crippen LogP contribution < -0.4 is 9.47 Å². The molecule has 0 spiro atoms. The fraction of sp³-hybridized carbons (Fsp3) is 0.200. The highest BCUT2D eigenvalue weighted by Crippen LogP contribution is 2.50. The average Bonchev–Trinajstić information content (AvgIpc) is 3.14. The number of esters is 1. The van der Waals surface area contributed by atoms with Crippen LogP contribution in [-0.4, -0.2) is 35.8 Å². The molecule has 0 aromatic heterocycles. The van der Waals surface area contributed by atoms with E-state index >= 15 is 0 Å². The topological polar surface area (TPSA) is 148 Å². The number of methoxy groups -OCH3 is 2. The molecule has 4 rings (SSSR count). The number of nitrogens with zero attached hydrogens (tertiary/aromatic N) is 2. The van der Waals surface area contributed by atoms with E-state index in [0.717, 1.165) is 23.8 Å². The minimum absolute atomic E-state index is 0.302. The number of carbonyl (C=O) groups excluding carboxylic acids is 2. The molecule has 11 heteroatoms. The van der Waals surface area contributed by atoms with E-state index in [0.29, 0.717) is 28.2 Å². The molecule has 36 heavy (non-hydrogen) atoms. The molecule has 0 radical (unpaired) electrons. The number of hydrogen-bond acceptors (Lipinski definition) is 9. The molecule has 2 atom stereocenters. The first kappa shape index (κ1) is 24.3. The summed E-state index contributed by atoms with van der Waals surface area (Å²) < 4.78 is 16.8. The molecule has 3 aromatic rings. The summed E-state index contributed by atoms with van der Waals surface area (Å²) >= 11 is 0. The van der Waals surface area contributed by atoms with Gasteiger partial charge in [-0.3, -0.25) is 25.0 Å². The van der Waals surface area contributed by atoms with Crippen LogP contribution in [0.3, 0.4) is 0 Å². The summed E-state index contributed by atoms with van der Waals surface area (Å²) in [5, 5.41) is 22.5. The first-order valence-electron chi connectivity index (χ1n) is 10.7. The van der Waals surface area contributed by atoms with E-state index in [9.17, 15) is 29.8 Å². The van der Waals surface area contributed by atoms with Crippen LogP contribution in [0.4, 0.5) is 11.4 Å². The van der Waals surface area contributed by atoms with Crippen LogP contribution in [-0.2, 0) is 4.74 Å². The second kappa shape index (κ2) is 9.45. The first-order chi connectivity index (χ1) is 17.2. The maximum atomic E-state index is 13.5. The molecule has 0 amide bonds. The summed E-state index contributed by atoms with van der Waals surface area (Å²) in [6, 6.07) is 12.6. The predicted molar refractivity (Wildman–Crippen MR) is 126 cm³/mol. The van der Waals surface area contributed by atoms with E-state index in [-0.39, 0.29) is 11.3 Å². The molecular weight excluding hydrogens is 472 g/mol. The second-order valence-electron chi connectivity index (χ2n) is 8.05. The van der Waals surface area contributed by atoms with Crippen LogP contribution in [0.15, 0.2) is 54.6 Å². The number of nitro benzene ring substituents is 2. The van der Waals surface area contributed by atoms with Gasteiger partial charge in [0.2, 0.25) is 0 Å². The summed E-state index contributed by atoms with van der Waals surface area (Å²) in [4.78, 5) is 47.5. The number of Topliss-reactive ketones (excluding diaryl/α,β-unsaturated/α-hetero) is 1. The van der Waals surface area contributed by atoms with E-state index < -0.39 is 39.2 Å². The Balaban J connectivity index is 1.82. The van der Waals surface area contributed by atoms with Gasteiger partial charge in [0, 0.05) is 28.8 Å². The normalized spacial score (nSPS) is 16.2. The third-order valence-electron chi connectivity index (χ3n) is 5.99. The molecule has 0 saturated carbocycles. The van der Waals surface area contributed by atoms with Crippen molar-refractivity contribution < 1.29 is 33.6 Å². The number of nitro groups is 2. The largest absolute Gasteiger partial charge is 0.493 e. The molecule has 0 heterocycles. The van der Waals surface area contributed by atoms with Crippen molar-refractivity contribution >= 4 is 23.1 Å². The highest BCUT2D eigenvalue weighted by atomic mass is 16.6. The summed E-state index contributed by atoms with van der Waals surface area (Å²) in [6.45, 7) is 1.81. The minimum atomic E-state index is -1.12. The highest BCUT2D eigenvalue weighted by Gasteiger charge is 2.45. The van der Waals surface area contributed by atoms with E-state index in [1.54, 1.807) is 36.4 Å². The second-order valence-corrected chi connectivity index (χ2v) is 8.05. The van der Waals surface area contributed by atoms with Crippen LogP contribution in [0, 0.1) is 27.2 Å². The summed E-state index contributed by atoms with van der Waals surface area (Å²) in [7, 11) is 2.89. The van der Waals surface area contributed by atoms with Crippen molar-refractivity contribution in [1.29, 1.82) is 0 Å². The molecular formula is C25H20N2O9. The van der Waals surface area contributed by atoms with Gasteiger partial charge in [-0.15, -0.1) is 0 Å². The van der Waals surface area contributed by atoms with Gasteiger partial charge < -0.3 is 14.2 Å². The Morgan fingerprint density at radius 1 is 0.861 bits per heavy atom. The quantitative estimate of drug-likeness (QED) is 0.260. The molecule has 3 aromatic carbocycles. The number of fused-ring (bicyclic) bond motifs is 1. The van der Waals surface area contributed by atoms with Crippen molar-refractivity contribution in [2.75, 3.05) is 14.2 Å². The molecule has 0 bridgehead atoms. The summed E-state index contributed by atoms with van der Waals surface area (Å²) in [5.74, 6) is -1.67. The Hall–Kier alpha value is -4.80. The Kier molecular flexibility index (Phi) is 6.39. The lowest BCUT2D eigenvalue weighted by molar-refractivity contribution is -0.394. The molecule has 0 saturated heterocycles. The fourth-order valence-electron chi connectivity index (χ4n) is 4.38. The Bertz CT molecular complexity index is 1380. The van der Waals surface area contributed by atoms with Gasteiger partial charge in [-0.25, -0.2) is 4.79 Å². The summed E-state index contributed by atoms with van der Waals surface area (Å²) in [5.41, 5.74) is 0.290. The highest BCUT2D eigenvalue weighted by molar-refractivity contribution is 6.07. The zero-order valence-electron chi connectivity index (χ0n) is 19.4. The monoisotopic (exact) mass is 492 g/mol. The Labute approximate surface area is 204 Å². The van der Waals surface area contributed by atoms with Gasteiger partial charge in [-0.05, 0) is 12.5 Å². The van der Waals surface area contributed by atoms with E-state index in [1.807, 2.05) is 6.92 Å². The zero-order chi connectivity index (χ0) is 26.1. The van der Waals surface area contributed by atoms with E-state index in [1.165, 1.54) is 14.2 Å². The lowest BCUT2D eigenvalue weighted by Crippen LogP contribution is -2.19. The smallest absolute Gasteiger partial charge is 0.339 e. The standard InChI is InChI=1S/C25H20N2O9/c1-13-8-9-19(24(35-3)22(13)34-2)20-21(28)17-6-4-5-7-18(17)23(20)36-25(29)14-10-15(26(30)31)12-16(11-14)27(32)33/h4-12,20,23H,1-3H3. The van der Waals surface area contributed by atoms with Gasteiger partial charge in [0.15, 0.2) is 17.3 Å². The van der Waals surface area contributed by atoms with Crippen molar-refractivity contribution in [3.8, 4) is 11.5 Å². The maximum absolute atomic E-state index is 13.5. The van der Waals surface area contributed by atoms with Crippen molar-refractivity contribution in [3.63, 3.8) is 0 Å². The SMILES string of the molecule is COc1c(C)ccc(C2C(=O)c3ccccc3C2OC(=O)c2cc([N+](=O)[O-])cc([N+](=O)[O-])c2)c1OC. The van der Waals surface area contributed by atoms with Crippen LogP contribution >= 0.6 is 0 Å². The predicted octanol–water partition coefficient (Wildman–Crippen LogP) is 4.71. The number of carbonyl (C=O) groups is 2. The first-order valence-corrected chi connectivity index (χ1v) is 10.7. The van der Waals surface area contributed by atoms with Gasteiger partial charge in [0.05, 0.1) is 41.6 Å². The molecule has 184 valence electrons. The van der Waals surface area contributed by atoms with Crippen molar-refractivity contribution in [2.45, 2.75) is 18.9 Å². The van der Waals surface area contributed by atoms with E-state index in [2.05, 4.69) is 0 Å². The third-order valence-corrected chi connectivity index (χ3v) is 5.99. The average molecular weight is 492 g/mol. The van der Waals surface area contributed by atoms with Crippen molar-refractivity contribution in [1.82, 2.24) is 0 Å². The number of benzene rings is 3. The van der Waals surface area contributed by atoms with E-state index in [4.69, 9.17) is 14.2 Å². The molecule has 1 aliphatic carbocycles. The third kappa shape index (κ3) is 4.11. The van der Waals surface area contributed by atoms with Crippen molar-refractivity contribution in [3.05, 3.63) is 103 Å². The molecule has 0 fully saturated rings.